The number of carbonyl (C=O) groups excluding carboxylic acids is 1. The number of hydrogen-bond donors (Lipinski definition) is 0. The van der Waals surface area contributed by atoms with Gasteiger partial charge in [0.2, 0.25) is 5.72 Å². The predicted molar refractivity (Wildman–Crippen MR) is 171 cm³/mol. The highest BCUT2D eigenvalue weighted by Gasteiger charge is 2.53. The largest absolute Gasteiger partial charge is 0.426 e. The maximum Gasteiger partial charge on any atom is 0.341 e. The molecule has 1 aliphatic rings. The van der Waals surface area contributed by atoms with Gasteiger partial charge in [-0.1, -0.05) is 29.8 Å². The molecule has 0 saturated carbocycles. The van der Waals surface area contributed by atoms with Gasteiger partial charge in [0.05, 0.1) is 10.6 Å². The first-order valence-electron chi connectivity index (χ1n) is 13.9. The summed E-state index contributed by atoms with van der Waals surface area (Å²) in [5.41, 5.74) is 5.50. The molecular weight excluding hydrogens is 532 g/mol. The van der Waals surface area contributed by atoms with E-state index in [1.165, 1.54) is 0 Å². The van der Waals surface area contributed by atoms with Gasteiger partial charge in [-0.05, 0) is 86.6 Å². The van der Waals surface area contributed by atoms with Gasteiger partial charge in [0, 0.05) is 80.8 Å². The average Bonchev–Trinajstić information content (AvgIpc) is 3.27. The normalized spacial score (nSPS) is 15.7. The van der Waals surface area contributed by atoms with E-state index in [1.54, 1.807) is 0 Å². The van der Waals surface area contributed by atoms with E-state index < -0.39 is 5.72 Å². The Hall–Kier alpha value is -4.16. The zero-order valence-electron chi connectivity index (χ0n) is 24.6. The van der Waals surface area contributed by atoms with E-state index >= 15 is 0 Å². The van der Waals surface area contributed by atoms with Gasteiger partial charge in [-0.2, -0.15) is 0 Å². The van der Waals surface area contributed by atoms with E-state index in [2.05, 4.69) is 77.1 Å². The lowest BCUT2D eigenvalue weighted by Gasteiger charge is -2.43. The van der Waals surface area contributed by atoms with Crippen LogP contribution < -0.4 is 19.6 Å². The number of benzene rings is 4. The van der Waals surface area contributed by atoms with Crippen molar-refractivity contribution in [3.8, 4) is 0 Å². The second-order valence-corrected chi connectivity index (χ2v) is 11.0. The second-order valence-electron chi connectivity index (χ2n) is 10.6. The molecule has 0 aromatic heterocycles. The number of hydrogen-bond acceptors (Lipinski definition) is 6. The lowest BCUT2D eigenvalue weighted by Crippen LogP contribution is -2.45. The summed E-state index contributed by atoms with van der Waals surface area (Å²) in [7, 11) is 7.98. The van der Waals surface area contributed by atoms with E-state index in [0.717, 1.165) is 47.1 Å². The molecule has 0 radical (unpaired) electrons. The van der Waals surface area contributed by atoms with Crippen molar-refractivity contribution in [1.82, 2.24) is 0 Å². The third-order valence-electron chi connectivity index (χ3n) is 7.76. The van der Waals surface area contributed by atoms with Crippen LogP contribution in [-0.2, 0) is 10.5 Å². The minimum Gasteiger partial charge on any atom is -0.426 e. The first kappa shape index (κ1) is 28.4. The van der Waals surface area contributed by atoms with Crippen LogP contribution in [0.15, 0.2) is 91.0 Å². The molecule has 6 nitrogen and oxygen atoms in total. The lowest BCUT2D eigenvalue weighted by molar-refractivity contribution is 0.0134. The SMILES string of the molecule is CCN(CC)c1ccc(N(c2ccc(N(C)C)cc2)C2(c3ccc(N(C)C)cc3Cl)OC(=O)c3ccccc32)cc1. The molecule has 0 fully saturated rings. The molecule has 0 saturated heterocycles. The molecular formula is C34H37ClN4O2. The number of esters is 1. The summed E-state index contributed by atoms with van der Waals surface area (Å²) < 4.78 is 6.52. The second kappa shape index (κ2) is 11.4. The van der Waals surface area contributed by atoms with Crippen LogP contribution >= 0.6 is 11.6 Å². The number of ether oxygens (including phenoxy) is 1. The molecule has 1 unspecified atom stereocenters. The highest BCUT2D eigenvalue weighted by Crippen LogP contribution is 2.52. The smallest absolute Gasteiger partial charge is 0.341 e. The molecule has 0 N–H and O–H groups in total. The standard InChI is InChI=1S/C34H37ClN4O2/c1-7-38(8-2)25-15-19-27(20-16-25)39(26-17-13-24(14-18-26)36(3)4)34(30-12-10-9-11-29(30)33(40)41-34)31-22-21-28(37(5)6)23-32(31)35/h9-23H,7-8H2,1-6H3. The average molecular weight is 569 g/mol. The topological polar surface area (TPSA) is 39.3 Å². The van der Waals surface area contributed by atoms with Crippen LogP contribution in [-0.4, -0.2) is 47.2 Å². The third kappa shape index (κ3) is 4.97. The summed E-state index contributed by atoms with van der Waals surface area (Å²) in [6.45, 7) is 6.13. The number of halogens is 1. The number of anilines is 5. The maximum atomic E-state index is 13.6. The van der Waals surface area contributed by atoms with Crippen molar-refractivity contribution in [1.29, 1.82) is 0 Å². The van der Waals surface area contributed by atoms with Crippen molar-refractivity contribution in [2.75, 3.05) is 60.9 Å². The van der Waals surface area contributed by atoms with Gasteiger partial charge >= 0.3 is 5.97 Å². The Bertz CT molecular complexity index is 1530. The minimum atomic E-state index is -1.34. The molecule has 212 valence electrons. The van der Waals surface area contributed by atoms with Gasteiger partial charge in [-0.15, -0.1) is 0 Å². The van der Waals surface area contributed by atoms with Crippen LogP contribution in [0.1, 0.15) is 35.3 Å². The monoisotopic (exact) mass is 568 g/mol. The summed E-state index contributed by atoms with van der Waals surface area (Å²) in [4.78, 5) is 22.0. The van der Waals surface area contributed by atoms with Gasteiger partial charge in [0.25, 0.3) is 0 Å². The van der Waals surface area contributed by atoms with E-state index in [4.69, 9.17) is 16.3 Å². The number of fused-ring (bicyclic) bond motifs is 1. The Morgan fingerprint density at radius 1 is 0.659 bits per heavy atom. The Kier molecular flexibility index (Phi) is 7.87. The molecule has 41 heavy (non-hydrogen) atoms. The zero-order chi connectivity index (χ0) is 29.3. The molecule has 1 aliphatic heterocycles. The van der Waals surface area contributed by atoms with Crippen LogP contribution in [0.25, 0.3) is 0 Å². The van der Waals surface area contributed by atoms with Crippen LogP contribution in [0.4, 0.5) is 28.4 Å². The lowest BCUT2D eigenvalue weighted by atomic mass is 9.89. The molecule has 4 aromatic rings. The summed E-state index contributed by atoms with van der Waals surface area (Å²) in [6.07, 6.45) is 0. The molecule has 0 aliphatic carbocycles. The van der Waals surface area contributed by atoms with Crippen LogP contribution in [0.5, 0.6) is 0 Å². The van der Waals surface area contributed by atoms with Crippen molar-refractivity contribution in [2.45, 2.75) is 19.6 Å². The van der Waals surface area contributed by atoms with Crippen molar-refractivity contribution in [3.63, 3.8) is 0 Å². The van der Waals surface area contributed by atoms with Crippen LogP contribution in [0.2, 0.25) is 5.02 Å². The van der Waals surface area contributed by atoms with Crippen molar-refractivity contribution < 1.29 is 9.53 Å². The highest BCUT2D eigenvalue weighted by molar-refractivity contribution is 6.32. The van der Waals surface area contributed by atoms with Crippen LogP contribution in [0, 0.1) is 0 Å². The number of rotatable bonds is 9. The van der Waals surface area contributed by atoms with E-state index in [9.17, 15) is 4.79 Å². The fourth-order valence-electron chi connectivity index (χ4n) is 5.56. The number of carbonyl (C=O) groups is 1. The minimum absolute atomic E-state index is 0.386. The number of cyclic esters (lactones) is 1. The Labute approximate surface area is 248 Å². The number of nitrogens with zero attached hydrogens (tertiary/aromatic N) is 4. The molecule has 0 spiro atoms. The van der Waals surface area contributed by atoms with Gasteiger partial charge in [-0.25, -0.2) is 4.79 Å². The first-order valence-corrected chi connectivity index (χ1v) is 14.3. The fourth-order valence-corrected chi connectivity index (χ4v) is 5.86. The van der Waals surface area contributed by atoms with Crippen LogP contribution in [0.3, 0.4) is 0 Å². The van der Waals surface area contributed by atoms with Gasteiger partial charge in [0.1, 0.15) is 0 Å². The molecule has 5 rings (SSSR count). The van der Waals surface area contributed by atoms with Crippen molar-refractivity contribution in [2.24, 2.45) is 0 Å². The molecule has 7 heteroatoms. The molecule has 1 atom stereocenters. The summed E-state index contributed by atoms with van der Waals surface area (Å²) in [5, 5.41) is 0.510. The van der Waals surface area contributed by atoms with E-state index in [0.29, 0.717) is 16.1 Å². The van der Waals surface area contributed by atoms with Gasteiger partial charge < -0.3 is 19.4 Å². The highest BCUT2D eigenvalue weighted by atomic mass is 35.5. The Balaban J connectivity index is 1.81. The third-order valence-corrected chi connectivity index (χ3v) is 8.08. The van der Waals surface area contributed by atoms with Crippen molar-refractivity contribution in [3.05, 3.63) is 113 Å². The molecule has 4 aromatic carbocycles. The Morgan fingerprint density at radius 2 is 1.17 bits per heavy atom. The summed E-state index contributed by atoms with van der Waals surface area (Å²) in [6, 6.07) is 30.2. The molecule has 0 bridgehead atoms. The summed E-state index contributed by atoms with van der Waals surface area (Å²) in [5.74, 6) is -0.386. The van der Waals surface area contributed by atoms with Gasteiger partial charge in [-0.3, -0.25) is 4.90 Å². The van der Waals surface area contributed by atoms with Crippen molar-refractivity contribution >= 4 is 46.0 Å². The summed E-state index contributed by atoms with van der Waals surface area (Å²) >= 11 is 7.09. The van der Waals surface area contributed by atoms with E-state index in [-0.39, 0.29) is 5.97 Å². The predicted octanol–water partition coefficient (Wildman–Crippen LogP) is 7.53. The Morgan fingerprint density at radius 3 is 1.71 bits per heavy atom. The zero-order valence-corrected chi connectivity index (χ0v) is 25.3. The quantitative estimate of drug-likeness (QED) is 0.194. The first-order chi connectivity index (χ1) is 19.7. The molecule has 0 amide bonds. The van der Waals surface area contributed by atoms with Gasteiger partial charge in [0.15, 0.2) is 0 Å². The molecule has 1 heterocycles. The van der Waals surface area contributed by atoms with E-state index in [1.807, 2.05) is 75.6 Å². The fraction of sp³-hybridized carbons (Fsp3) is 0.265. The maximum absolute atomic E-state index is 13.6.